The Balaban J connectivity index is 1.62. The Morgan fingerprint density at radius 3 is 2.93 bits per heavy atom. The smallest absolute Gasteiger partial charge is 0.223 e. The van der Waals surface area contributed by atoms with Crippen molar-refractivity contribution in [1.29, 1.82) is 0 Å². The Hall–Kier alpha value is -0.570. The highest BCUT2D eigenvalue weighted by molar-refractivity contribution is 5.77. The quantitative estimate of drug-likeness (QED) is 0.734. The average Bonchev–Trinajstić information content (AvgIpc) is 2.96. The standard InChI is InChI=1S/C12H20N2O/c15-12(7-9-1-2-9)14-6-4-10-3-5-13-8-11(10)14/h9-11,13H,1-8H2/t10-,11-/m1/s1. The summed E-state index contributed by atoms with van der Waals surface area (Å²) >= 11 is 0. The highest BCUT2D eigenvalue weighted by atomic mass is 16.2. The molecule has 3 rings (SSSR count). The molecule has 3 fully saturated rings. The predicted octanol–water partition coefficient (Wildman–Crippen LogP) is 0.997. The van der Waals surface area contributed by atoms with Gasteiger partial charge in [0, 0.05) is 25.6 Å². The van der Waals surface area contributed by atoms with Gasteiger partial charge in [-0.15, -0.1) is 0 Å². The molecule has 1 N–H and O–H groups in total. The summed E-state index contributed by atoms with van der Waals surface area (Å²) in [5.41, 5.74) is 0. The van der Waals surface area contributed by atoms with E-state index in [4.69, 9.17) is 0 Å². The van der Waals surface area contributed by atoms with E-state index in [1.54, 1.807) is 0 Å². The lowest BCUT2D eigenvalue weighted by atomic mass is 9.93. The number of piperidine rings is 1. The van der Waals surface area contributed by atoms with Crippen molar-refractivity contribution in [2.75, 3.05) is 19.6 Å². The molecule has 0 radical (unpaired) electrons. The zero-order chi connectivity index (χ0) is 10.3. The zero-order valence-corrected chi connectivity index (χ0v) is 9.24. The van der Waals surface area contributed by atoms with Gasteiger partial charge in [0.25, 0.3) is 0 Å². The molecule has 0 unspecified atom stereocenters. The first-order chi connectivity index (χ1) is 7.34. The summed E-state index contributed by atoms with van der Waals surface area (Å²) in [6.07, 6.45) is 5.89. The minimum Gasteiger partial charge on any atom is -0.338 e. The van der Waals surface area contributed by atoms with Crippen molar-refractivity contribution in [2.24, 2.45) is 11.8 Å². The number of hydrogen-bond donors (Lipinski definition) is 1. The minimum absolute atomic E-state index is 0.425. The summed E-state index contributed by atoms with van der Waals surface area (Å²) < 4.78 is 0. The third kappa shape index (κ3) is 1.89. The van der Waals surface area contributed by atoms with Crippen LogP contribution in [0.15, 0.2) is 0 Å². The third-order valence-electron chi connectivity index (χ3n) is 4.21. The minimum atomic E-state index is 0.425. The molecule has 0 aromatic carbocycles. The zero-order valence-electron chi connectivity index (χ0n) is 9.24. The van der Waals surface area contributed by atoms with E-state index < -0.39 is 0 Å². The maximum atomic E-state index is 12.0. The molecule has 2 heterocycles. The van der Waals surface area contributed by atoms with Crippen LogP contribution in [0.3, 0.4) is 0 Å². The number of fused-ring (bicyclic) bond motifs is 1. The summed E-state index contributed by atoms with van der Waals surface area (Å²) in [5, 5.41) is 3.42. The molecule has 0 aromatic heterocycles. The van der Waals surface area contributed by atoms with Crippen LogP contribution in [0.4, 0.5) is 0 Å². The SMILES string of the molecule is O=C(CC1CC1)N1CC[C@H]2CCNC[C@H]21. The number of nitrogens with zero attached hydrogens (tertiary/aromatic N) is 1. The van der Waals surface area contributed by atoms with Crippen molar-refractivity contribution in [2.45, 2.75) is 38.1 Å². The van der Waals surface area contributed by atoms with Gasteiger partial charge in [0.1, 0.15) is 0 Å². The normalized spacial score (nSPS) is 35.3. The fraction of sp³-hybridized carbons (Fsp3) is 0.917. The number of nitrogens with one attached hydrogen (secondary N) is 1. The first-order valence-corrected chi connectivity index (χ1v) is 6.35. The Kier molecular flexibility index (Phi) is 2.43. The molecule has 0 bridgehead atoms. The lowest BCUT2D eigenvalue weighted by Crippen LogP contribution is -2.48. The molecule has 2 atom stereocenters. The fourth-order valence-corrected chi connectivity index (χ4v) is 3.06. The van der Waals surface area contributed by atoms with Gasteiger partial charge in [-0.3, -0.25) is 4.79 Å². The van der Waals surface area contributed by atoms with E-state index in [1.165, 1.54) is 25.7 Å². The Morgan fingerprint density at radius 2 is 2.13 bits per heavy atom. The van der Waals surface area contributed by atoms with E-state index in [-0.39, 0.29) is 0 Å². The van der Waals surface area contributed by atoms with Gasteiger partial charge >= 0.3 is 0 Å². The third-order valence-corrected chi connectivity index (χ3v) is 4.21. The van der Waals surface area contributed by atoms with E-state index in [0.717, 1.165) is 37.9 Å². The van der Waals surface area contributed by atoms with Gasteiger partial charge in [-0.25, -0.2) is 0 Å². The summed E-state index contributed by atoms with van der Waals surface area (Å²) in [4.78, 5) is 14.2. The number of likely N-dealkylation sites (tertiary alicyclic amines) is 1. The highest BCUT2D eigenvalue weighted by Gasteiger charge is 2.39. The van der Waals surface area contributed by atoms with Crippen LogP contribution in [0.2, 0.25) is 0 Å². The van der Waals surface area contributed by atoms with Crippen molar-refractivity contribution in [3.8, 4) is 0 Å². The van der Waals surface area contributed by atoms with Crippen molar-refractivity contribution < 1.29 is 4.79 Å². The molecule has 3 heteroatoms. The average molecular weight is 208 g/mol. The van der Waals surface area contributed by atoms with E-state index in [9.17, 15) is 4.79 Å². The van der Waals surface area contributed by atoms with Crippen LogP contribution in [0, 0.1) is 11.8 Å². The maximum absolute atomic E-state index is 12.0. The second-order valence-electron chi connectivity index (χ2n) is 5.34. The highest BCUT2D eigenvalue weighted by Crippen LogP contribution is 2.35. The number of carbonyl (C=O) groups excluding carboxylic acids is 1. The lowest BCUT2D eigenvalue weighted by molar-refractivity contribution is -0.132. The summed E-state index contributed by atoms with van der Waals surface area (Å²) in [5.74, 6) is 1.94. The summed E-state index contributed by atoms with van der Waals surface area (Å²) in [6.45, 7) is 3.19. The van der Waals surface area contributed by atoms with E-state index in [0.29, 0.717) is 11.9 Å². The van der Waals surface area contributed by atoms with Gasteiger partial charge < -0.3 is 10.2 Å². The van der Waals surface area contributed by atoms with Gasteiger partial charge in [0.15, 0.2) is 0 Å². The van der Waals surface area contributed by atoms with Gasteiger partial charge in [-0.2, -0.15) is 0 Å². The molecule has 2 saturated heterocycles. The molecular weight excluding hydrogens is 188 g/mol. The monoisotopic (exact) mass is 208 g/mol. The molecule has 1 aliphatic carbocycles. The van der Waals surface area contributed by atoms with Crippen LogP contribution in [0.25, 0.3) is 0 Å². The number of amides is 1. The molecule has 0 spiro atoms. The molecular formula is C12H20N2O. The van der Waals surface area contributed by atoms with Crippen molar-refractivity contribution in [3.63, 3.8) is 0 Å². The van der Waals surface area contributed by atoms with E-state index in [1.807, 2.05) is 0 Å². The van der Waals surface area contributed by atoms with Crippen LogP contribution in [-0.2, 0) is 4.79 Å². The molecule has 2 aliphatic heterocycles. The van der Waals surface area contributed by atoms with E-state index in [2.05, 4.69) is 10.2 Å². The number of carbonyl (C=O) groups is 1. The summed E-state index contributed by atoms with van der Waals surface area (Å²) in [6, 6.07) is 0.519. The molecule has 3 aliphatic rings. The van der Waals surface area contributed by atoms with Crippen molar-refractivity contribution in [3.05, 3.63) is 0 Å². The Morgan fingerprint density at radius 1 is 1.27 bits per heavy atom. The first-order valence-electron chi connectivity index (χ1n) is 6.35. The van der Waals surface area contributed by atoms with E-state index >= 15 is 0 Å². The van der Waals surface area contributed by atoms with Crippen molar-refractivity contribution >= 4 is 5.91 Å². The molecule has 3 nitrogen and oxygen atoms in total. The lowest BCUT2D eigenvalue weighted by Gasteiger charge is -2.32. The van der Waals surface area contributed by atoms with Gasteiger partial charge in [-0.1, -0.05) is 0 Å². The Labute approximate surface area is 91.2 Å². The largest absolute Gasteiger partial charge is 0.338 e. The van der Waals surface area contributed by atoms with Crippen LogP contribution >= 0.6 is 0 Å². The summed E-state index contributed by atoms with van der Waals surface area (Å²) in [7, 11) is 0. The molecule has 15 heavy (non-hydrogen) atoms. The predicted molar refractivity (Wildman–Crippen MR) is 58.4 cm³/mol. The van der Waals surface area contributed by atoms with Crippen LogP contribution in [-0.4, -0.2) is 36.5 Å². The van der Waals surface area contributed by atoms with Crippen molar-refractivity contribution in [1.82, 2.24) is 10.2 Å². The number of hydrogen-bond acceptors (Lipinski definition) is 2. The van der Waals surface area contributed by atoms with Crippen LogP contribution in [0.5, 0.6) is 0 Å². The fourth-order valence-electron chi connectivity index (χ4n) is 3.06. The van der Waals surface area contributed by atoms with Gasteiger partial charge in [-0.05, 0) is 44.1 Å². The topological polar surface area (TPSA) is 32.3 Å². The molecule has 0 aromatic rings. The maximum Gasteiger partial charge on any atom is 0.223 e. The molecule has 1 saturated carbocycles. The second-order valence-corrected chi connectivity index (χ2v) is 5.34. The van der Waals surface area contributed by atoms with Crippen LogP contribution < -0.4 is 5.32 Å². The molecule has 1 amide bonds. The molecule has 84 valence electrons. The van der Waals surface area contributed by atoms with Crippen LogP contribution in [0.1, 0.15) is 32.1 Å². The van der Waals surface area contributed by atoms with Gasteiger partial charge in [0.2, 0.25) is 5.91 Å². The Bertz CT molecular complexity index is 262. The van der Waals surface area contributed by atoms with Gasteiger partial charge in [0.05, 0.1) is 0 Å². The number of rotatable bonds is 2. The second kappa shape index (κ2) is 3.78. The first kappa shape index (κ1) is 9.64.